The van der Waals surface area contributed by atoms with E-state index in [0.29, 0.717) is 18.3 Å². The minimum Gasteiger partial charge on any atom is -0.400 e. The monoisotopic (exact) mass is 269 g/mol. The Hall–Kier alpha value is -1.40. The molecule has 1 fully saturated rings. The van der Waals surface area contributed by atoms with Crippen LogP contribution in [-0.2, 0) is 9.47 Å². The molecule has 0 radical (unpaired) electrons. The Bertz CT molecular complexity index is 465. The number of rotatable bonds is 3. The lowest BCUT2D eigenvalue weighted by Crippen LogP contribution is -2.45. The van der Waals surface area contributed by atoms with Crippen LogP contribution in [0.5, 0.6) is 0 Å². The SMILES string of the molecule is CC(C)C1OC(c2ccc([N+](=O)[O-])o2)OCC1(C)C. The topological polar surface area (TPSA) is 74.7 Å². The van der Waals surface area contributed by atoms with Crippen LogP contribution in [-0.4, -0.2) is 17.6 Å². The molecule has 0 saturated carbocycles. The second-order valence-electron chi connectivity index (χ2n) is 5.87. The van der Waals surface area contributed by atoms with E-state index >= 15 is 0 Å². The van der Waals surface area contributed by atoms with Crippen molar-refractivity contribution in [3.63, 3.8) is 0 Å². The van der Waals surface area contributed by atoms with E-state index in [0.717, 1.165) is 0 Å². The second kappa shape index (κ2) is 4.94. The van der Waals surface area contributed by atoms with Gasteiger partial charge in [0.2, 0.25) is 6.29 Å². The molecule has 106 valence electrons. The van der Waals surface area contributed by atoms with Crippen molar-refractivity contribution in [1.82, 2.24) is 0 Å². The first kappa shape index (κ1) is 14.0. The first-order valence-corrected chi connectivity index (χ1v) is 6.32. The Morgan fingerprint density at radius 1 is 1.42 bits per heavy atom. The summed E-state index contributed by atoms with van der Waals surface area (Å²) >= 11 is 0. The van der Waals surface area contributed by atoms with Crippen LogP contribution >= 0.6 is 0 Å². The van der Waals surface area contributed by atoms with Crippen molar-refractivity contribution in [2.75, 3.05) is 6.61 Å². The van der Waals surface area contributed by atoms with Gasteiger partial charge in [0.1, 0.15) is 4.92 Å². The maximum atomic E-state index is 10.6. The van der Waals surface area contributed by atoms with E-state index in [1.165, 1.54) is 12.1 Å². The van der Waals surface area contributed by atoms with E-state index < -0.39 is 11.2 Å². The predicted octanol–water partition coefficient (Wildman–Crippen LogP) is 3.28. The van der Waals surface area contributed by atoms with Crippen molar-refractivity contribution in [3.05, 3.63) is 28.0 Å². The van der Waals surface area contributed by atoms with Gasteiger partial charge in [0.15, 0.2) is 5.76 Å². The van der Waals surface area contributed by atoms with Crippen molar-refractivity contribution in [2.24, 2.45) is 11.3 Å². The lowest BCUT2D eigenvalue weighted by molar-refractivity contribution is -0.403. The van der Waals surface area contributed by atoms with Crippen LogP contribution in [0.15, 0.2) is 16.5 Å². The number of furan rings is 1. The van der Waals surface area contributed by atoms with Crippen LogP contribution in [0.3, 0.4) is 0 Å². The van der Waals surface area contributed by atoms with Crippen LogP contribution in [0.25, 0.3) is 0 Å². The average Bonchev–Trinajstić information content (AvgIpc) is 2.77. The summed E-state index contributed by atoms with van der Waals surface area (Å²) in [5, 5.41) is 10.6. The molecule has 1 aliphatic rings. The van der Waals surface area contributed by atoms with Gasteiger partial charge in [-0.1, -0.05) is 27.7 Å². The first-order chi connectivity index (χ1) is 8.81. The van der Waals surface area contributed by atoms with Gasteiger partial charge in [-0.2, -0.15) is 0 Å². The van der Waals surface area contributed by atoms with Gasteiger partial charge in [0, 0.05) is 5.41 Å². The summed E-state index contributed by atoms with van der Waals surface area (Å²) in [6, 6.07) is 2.84. The normalized spacial score (nSPS) is 26.6. The van der Waals surface area contributed by atoms with Gasteiger partial charge in [-0.05, 0) is 12.0 Å². The zero-order chi connectivity index (χ0) is 14.2. The van der Waals surface area contributed by atoms with Crippen molar-refractivity contribution in [2.45, 2.75) is 40.1 Å². The molecule has 2 unspecified atom stereocenters. The highest BCUT2D eigenvalue weighted by Gasteiger charge is 2.41. The molecule has 1 aromatic heterocycles. The third kappa shape index (κ3) is 2.79. The Morgan fingerprint density at radius 2 is 2.11 bits per heavy atom. The van der Waals surface area contributed by atoms with Gasteiger partial charge in [-0.15, -0.1) is 0 Å². The van der Waals surface area contributed by atoms with Crippen LogP contribution in [0.4, 0.5) is 5.88 Å². The largest absolute Gasteiger partial charge is 0.433 e. The third-order valence-electron chi connectivity index (χ3n) is 3.28. The molecule has 0 N–H and O–H groups in total. The molecule has 1 aromatic rings. The van der Waals surface area contributed by atoms with Crippen molar-refractivity contribution in [3.8, 4) is 0 Å². The molecule has 0 amide bonds. The minimum absolute atomic E-state index is 0.00964. The van der Waals surface area contributed by atoms with E-state index in [1.807, 2.05) is 0 Å². The zero-order valence-corrected chi connectivity index (χ0v) is 11.6. The second-order valence-corrected chi connectivity index (χ2v) is 5.87. The van der Waals surface area contributed by atoms with Gasteiger partial charge in [-0.3, -0.25) is 10.1 Å². The van der Waals surface area contributed by atoms with E-state index in [9.17, 15) is 10.1 Å². The number of hydrogen-bond donors (Lipinski definition) is 0. The molecule has 0 bridgehead atoms. The summed E-state index contributed by atoms with van der Waals surface area (Å²) in [5.74, 6) is 0.368. The van der Waals surface area contributed by atoms with Gasteiger partial charge in [-0.25, -0.2) is 0 Å². The molecule has 0 aliphatic carbocycles. The molecule has 0 spiro atoms. The number of hydrogen-bond acceptors (Lipinski definition) is 5. The Labute approximate surface area is 111 Å². The Balaban J connectivity index is 2.16. The van der Waals surface area contributed by atoms with E-state index in [4.69, 9.17) is 13.9 Å². The summed E-state index contributed by atoms with van der Waals surface area (Å²) in [7, 11) is 0. The maximum Gasteiger partial charge on any atom is 0.433 e. The summed E-state index contributed by atoms with van der Waals surface area (Å²) in [6.45, 7) is 8.85. The molecular weight excluding hydrogens is 250 g/mol. The molecule has 1 aliphatic heterocycles. The smallest absolute Gasteiger partial charge is 0.400 e. The third-order valence-corrected chi connectivity index (χ3v) is 3.28. The highest BCUT2D eigenvalue weighted by Crippen LogP contribution is 2.40. The van der Waals surface area contributed by atoms with Crippen LogP contribution in [0.2, 0.25) is 0 Å². The number of nitrogens with zero attached hydrogens (tertiary/aromatic N) is 1. The maximum absolute atomic E-state index is 10.6. The molecule has 19 heavy (non-hydrogen) atoms. The van der Waals surface area contributed by atoms with Crippen LogP contribution < -0.4 is 0 Å². The predicted molar refractivity (Wildman–Crippen MR) is 67.5 cm³/mol. The molecule has 6 heteroatoms. The molecule has 1 saturated heterocycles. The minimum atomic E-state index is -0.672. The van der Waals surface area contributed by atoms with Crippen molar-refractivity contribution in [1.29, 1.82) is 0 Å². The van der Waals surface area contributed by atoms with Gasteiger partial charge < -0.3 is 13.9 Å². The summed E-state index contributed by atoms with van der Waals surface area (Å²) < 4.78 is 16.6. The first-order valence-electron chi connectivity index (χ1n) is 6.32. The fourth-order valence-electron chi connectivity index (χ4n) is 2.50. The van der Waals surface area contributed by atoms with Crippen LogP contribution in [0, 0.1) is 21.4 Å². The van der Waals surface area contributed by atoms with E-state index in [-0.39, 0.29) is 17.4 Å². The summed E-state index contributed by atoms with van der Waals surface area (Å²) in [6.07, 6.45) is -0.662. The molecule has 2 atom stereocenters. The lowest BCUT2D eigenvalue weighted by Gasteiger charge is -2.43. The molecular formula is C13H19NO5. The van der Waals surface area contributed by atoms with E-state index in [2.05, 4.69) is 27.7 Å². The quantitative estimate of drug-likeness (QED) is 0.621. The zero-order valence-electron chi connectivity index (χ0n) is 11.6. The van der Waals surface area contributed by atoms with Crippen molar-refractivity contribution >= 4 is 5.88 Å². The van der Waals surface area contributed by atoms with Gasteiger partial charge >= 0.3 is 5.88 Å². The average molecular weight is 269 g/mol. The highest BCUT2D eigenvalue weighted by atomic mass is 16.7. The van der Waals surface area contributed by atoms with Crippen LogP contribution in [0.1, 0.15) is 39.7 Å². The number of nitro groups is 1. The van der Waals surface area contributed by atoms with E-state index in [1.54, 1.807) is 0 Å². The fourth-order valence-corrected chi connectivity index (χ4v) is 2.50. The molecule has 2 heterocycles. The lowest BCUT2D eigenvalue weighted by atomic mass is 9.80. The Morgan fingerprint density at radius 3 is 2.63 bits per heavy atom. The Kier molecular flexibility index (Phi) is 3.64. The number of ether oxygens (including phenoxy) is 2. The summed E-state index contributed by atoms with van der Waals surface area (Å²) in [5.41, 5.74) is -0.0941. The molecule has 2 rings (SSSR count). The van der Waals surface area contributed by atoms with Gasteiger partial charge in [0.25, 0.3) is 0 Å². The fraction of sp³-hybridized carbons (Fsp3) is 0.692. The molecule has 6 nitrogen and oxygen atoms in total. The highest BCUT2D eigenvalue weighted by molar-refractivity contribution is 5.18. The molecule has 0 aromatic carbocycles. The summed E-state index contributed by atoms with van der Waals surface area (Å²) in [4.78, 5) is 10.0. The standard InChI is InChI=1S/C13H19NO5/c1-8(2)11-13(3,4)7-17-12(19-11)9-5-6-10(18-9)14(15)16/h5-6,8,11-12H,7H2,1-4H3. The van der Waals surface area contributed by atoms with Gasteiger partial charge in [0.05, 0.1) is 18.8 Å². The van der Waals surface area contributed by atoms with Crippen molar-refractivity contribution < 1.29 is 18.8 Å².